The van der Waals surface area contributed by atoms with E-state index in [4.69, 9.17) is 4.74 Å². The molecule has 0 spiro atoms. The molecule has 4 nitrogen and oxygen atoms in total. The molecule has 1 fully saturated rings. The van der Waals surface area contributed by atoms with Crippen LogP contribution in [0.5, 0.6) is 5.75 Å². The van der Waals surface area contributed by atoms with Crippen LogP contribution in [-0.4, -0.2) is 49.0 Å². The Hall–Kier alpha value is -1.85. The highest BCUT2D eigenvalue weighted by Gasteiger charge is 2.36. The minimum atomic E-state index is 0.0302. The first-order chi connectivity index (χ1) is 14.4. The van der Waals surface area contributed by atoms with Gasteiger partial charge in [-0.3, -0.25) is 9.69 Å². The molecule has 1 aromatic heterocycles. The van der Waals surface area contributed by atoms with Gasteiger partial charge in [-0.25, -0.2) is 0 Å². The third kappa shape index (κ3) is 5.86. The Morgan fingerprint density at radius 1 is 1.20 bits per heavy atom. The number of rotatable bonds is 9. The fourth-order valence-corrected chi connectivity index (χ4v) is 5.24. The molecule has 0 N–H and O–H groups in total. The molecule has 1 aromatic carbocycles. The van der Waals surface area contributed by atoms with Gasteiger partial charge < -0.3 is 9.64 Å². The van der Waals surface area contributed by atoms with Crippen LogP contribution in [-0.2, 0) is 11.3 Å². The number of carbonyl (C=O) groups excluding carboxylic acids is 1. The minimum Gasteiger partial charge on any atom is -0.497 e. The number of ether oxygens (including phenoxy) is 1. The Morgan fingerprint density at radius 2 is 2.00 bits per heavy atom. The van der Waals surface area contributed by atoms with Crippen LogP contribution >= 0.6 is 11.3 Å². The summed E-state index contributed by atoms with van der Waals surface area (Å²) in [5, 5.41) is 2.15. The van der Waals surface area contributed by atoms with E-state index >= 15 is 0 Å². The normalized spacial score (nSPS) is 19.6. The van der Waals surface area contributed by atoms with Gasteiger partial charge in [0.1, 0.15) is 5.75 Å². The lowest BCUT2D eigenvalue weighted by molar-refractivity contribution is -0.135. The first-order valence-electron chi connectivity index (χ1n) is 11.0. The Labute approximate surface area is 185 Å². The molecule has 1 aliphatic heterocycles. The van der Waals surface area contributed by atoms with Crippen molar-refractivity contribution in [3.05, 3.63) is 52.2 Å². The van der Waals surface area contributed by atoms with Crippen LogP contribution in [0, 0.1) is 17.8 Å². The molecule has 2 aromatic rings. The summed E-state index contributed by atoms with van der Waals surface area (Å²) in [5.41, 5.74) is 1.31. The molecule has 2 atom stereocenters. The number of nitrogens with zero attached hydrogens (tertiary/aromatic N) is 2. The molecule has 0 saturated carbocycles. The minimum absolute atomic E-state index is 0.0302. The molecule has 5 heteroatoms. The van der Waals surface area contributed by atoms with Crippen molar-refractivity contribution in [3.63, 3.8) is 0 Å². The highest BCUT2D eigenvalue weighted by atomic mass is 32.1. The van der Waals surface area contributed by atoms with E-state index in [1.54, 1.807) is 7.11 Å². The van der Waals surface area contributed by atoms with Crippen LogP contribution in [0.25, 0.3) is 0 Å². The fourth-order valence-electron chi connectivity index (χ4n) is 4.49. The topological polar surface area (TPSA) is 32.8 Å². The summed E-state index contributed by atoms with van der Waals surface area (Å²) in [6.07, 6.45) is 0. The molecule has 1 aliphatic rings. The van der Waals surface area contributed by atoms with E-state index in [1.807, 2.05) is 31.3 Å². The van der Waals surface area contributed by atoms with Gasteiger partial charge in [-0.05, 0) is 41.0 Å². The molecule has 1 amide bonds. The zero-order chi connectivity index (χ0) is 21.7. The summed E-state index contributed by atoms with van der Waals surface area (Å²) >= 11 is 1.82. The zero-order valence-corrected chi connectivity index (χ0v) is 19.8. The highest BCUT2D eigenvalue weighted by molar-refractivity contribution is 7.09. The largest absolute Gasteiger partial charge is 0.497 e. The lowest BCUT2D eigenvalue weighted by atomic mass is 9.88. The van der Waals surface area contributed by atoms with Gasteiger partial charge in [0.15, 0.2) is 0 Å². The molecular weight excluding hydrogens is 392 g/mol. The third-order valence-electron chi connectivity index (χ3n) is 5.84. The van der Waals surface area contributed by atoms with Crippen LogP contribution in [0.3, 0.4) is 0 Å². The average molecular weight is 429 g/mol. The van der Waals surface area contributed by atoms with Crippen molar-refractivity contribution in [2.45, 2.75) is 40.2 Å². The predicted octanol–water partition coefficient (Wildman–Crippen LogP) is 5.11. The van der Waals surface area contributed by atoms with Crippen molar-refractivity contribution < 1.29 is 9.53 Å². The molecule has 164 valence electrons. The van der Waals surface area contributed by atoms with Gasteiger partial charge in [0.2, 0.25) is 5.91 Å². The van der Waals surface area contributed by atoms with Crippen LogP contribution in [0.1, 0.15) is 44.1 Å². The number of likely N-dealkylation sites (tertiary alicyclic amines) is 1. The predicted molar refractivity (Wildman–Crippen MR) is 125 cm³/mol. The summed E-state index contributed by atoms with van der Waals surface area (Å²) in [5.74, 6) is 2.48. The molecule has 0 radical (unpaired) electrons. The summed E-state index contributed by atoms with van der Waals surface area (Å²) < 4.78 is 5.49. The van der Waals surface area contributed by atoms with E-state index in [0.29, 0.717) is 17.8 Å². The number of benzene rings is 1. The molecule has 0 bridgehead atoms. The maximum Gasteiger partial charge on any atom is 0.225 e. The van der Waals surface area contributed by atoms with E-state index in [1.165, 1.54) is 10.4 Å². The first kappa shape index (κ1) is 22.8. The van der Waals surface area contributed by atoms with Crippen LogP contribution in [0.4, 0.5) is 0 Å². The van der Waals surface area contributed by atoms with Gasteiger partial charge in [-0.1, -0.05) is 45.9 Å². The SMILES string of the molecule is COc1cccc([C@H]2CN(Cc3cccs3)C[C@@H]2CN(CC(C)C)C(=O)C(C)C)c1. The van der Waals surface area contributed by atoms with Gasteiger partial charge in [0.05, 0.1) is 7.11 Å². The highest BCUT2D eigenvalue weighted by Crippen LogP contribution is 2.36. The Balaban J connectivity index is 1.83. The van der Waals surface area contributed by atoms with Crippen LogP contribution in [0.15, 0.2) is 41.8 Å². The second-order valence-corrected chi connectivity index (χ2v) is 10.2. The van der Waals surface area contributed by atoms with Crippen molar-refractivity contribution in [1.82, 2.24) is 9.80 Å². The van der Waals surface area contributed by atoms with Crippen molar-refractivity contribution in [2.75, 3.05) is 33.3 Å². The number of amides is 1. The van der Waals surface area contributed by atoms with Gasteiger partial charge in [-0.15, -0.1) is 11.3 Å². The Kier molecular flexibility index (Phi) is 7.95. The lowest BCUT2D eigenvalue weighted by Gasteiger charge is -2.31. The molecule has 2 heterocycles. The van der Waals surface area contributed by atoms with Crippen LogP contribution in [0.2, 0.25) is 0 Å². The number of thiophene rings is 1. The molecule has 30 heavy (non-hydrogen) atoms. The molecule has 0 unspecified atom stereocenters. The smallest absolute Gasteiger partial charge is 0.225 e. The zero-order valence-electron chi connectivity index (χ0n) is 19.0. The van der Waals surface area contributed by atoms with Crippen molar-refractivity contribution in [3.8, 4) is 5.75 Å². The van der Waals surface area contributed by atoms with Crippen molar-refractivity contribution in [1.29, 1.82) is 0 Å². The van der Waals surface area contributed by atoms with Crippen molar-refractivity contribution in [2.24, 2.45) is 17.8 Å². The fraction of sp³-hybridized carbons (Fsp3) is 0.560. The molecule has 3 rings (SSSR count). The Morgan fingerprint density at radius 3 is 2.63 bits per heavy atom. The monoisotopic (exact) mass is 428 g/mol. The van der Waals surface area contributed by atoms with E-state index in [-0.39, 0.29) is 11.8 Å². The van der Waals surface area contributed by atoms with Gasteiger partial charge in [0, 0.05) is 49.4 Å². The summed E-state index contributed by atoms with van der Waals surface area (Å²) in [4.78, 5) is 19.0. The first-order valence-corrected chi connectivity index (χ1v) is 11.9. The summed E-state index contributed by atoms with van der Waals surface area (Å²) in [6.45, 7) is 13.1. The van der Waals surface area contributed by atoms with Crippen LogP contribution < -0.4 is 4.74 Å². The van der Waals surface area contributed by atoms with E-state index in [2.05, 4.69) is 59.4 Å². The maximum absolute atomic E-state index is 12.9. The molecular formula is C25H36N2O2S. The quantitative estimate of drug-likeness (QED) is 0.556. The number of carbonyl (C=O) groups is 1. The van der Waals surface area contributed by atoms with E-state index in [0.717, 1.165) is 38.5 Å². The number of hydrogen-bond donors (Lipinski definition) is 0. The van der Waals surface area contributed by atoms with Gasteiger partial charge in [0.25, 0.3) is 0 Å². The standard InChI is InChI=1S/C25H36N2O2S/c1-18(2)13-27(25(28)19(3)4)15-21-14-26(16-23-10-7-11-30-23)17-24(21)20-8-6-9-22(12-20)29-5/h6-12,18-19,21,24H,13-17H2,1-5H3/t21-,24-/m1/s1. The molecule has 1 saturated heterocycles. The number of methoxy groups -OCH3 is 1. The second-order valence-electron chi connectivity index (χ2n) is 9.21. The average Bonchev–Trinajstić information content (AvgIpc) is 3.36. The summed E-state index contributed by atoms with van der Waals surface area (Å²) in [6, 6.07) is 12.8. The second kappa shape index (κ2) is 10.5. The van der Waals surface area contributed by atoms with Crippen molar-refractivity contribution >= 4 is 17.2 Å². The third-order valence-corrected chi connectivity index (χ3v) is 6.71. The lowest BCUT2D eigenvalue weighted by Crippen LogP contribution is -2.41. The summed E-state index contributed by atoms with van der Waals surface area (Å²) in [7, 11) is 1.72. The Bertz CT molecular complexity index is 803. The maximum atomic E-state index is 12.9. The number of hydrogen-bond acceptors (Lipinski definition) is 4. The van der Waals surface area contributed by atoms with Gasteiger partial charge >= 0.3 is 0 Å². The molecule has 0 aliphatic carbocycles. The van der Waals surface area contributed by atoms with Gasteiger partial charge in [-0.2, -0.15) is 0 Å². The van der Waals surface area contributed by atoms with E-state index < -0.39 is 0 Å². The van der Waals surface area contributed by atoms with E-state index in [9.17, 15) is 4.79 Å².